The Labute approximate surface area is 134 Å². The number of rotatable bonds is 2. The average molecular weight is 397 g/mol. The third-order valence-corrected chi connectivity index (χ3v) is 4.08. The molecule has 1 heterocycles. The number of para-hydroxylation sites is 1. The summed E-state index contributed by atoms with van der Waals surface area (Å²) in [5.41, 5.74) is 2.24. The number of hydrogen-bond acceptors (Lipinski definition) is 1. The Kier molecular flexibility index (Phi) is 3.67. The molecule has 100 valence electrons. The van der Waals surface area contributed by atoms with Crippen molar-refractivity contribution in [2.45, 2.75) is 0 Å². The van der Waals surface area contributed by atoms with E-state index in [0.717, 1.165) is 20.2 Å². The van der Waals surface area contributed by atoms with Crippen LogP contribution < -0.4 is 5.32 Å². The lowest BCUT2D eigenvalue weighted by Gasteiger charge is -2.06. The van der Waals surface area contributed by atoms with Gasteiger partial charge in [-0.05, 0) is 52.9 Å². The minimum Gasteiger partial charge on any atom is -0.351 e. The highest BCUT2D eigenvalue weighted by Gasteiger charge is 2.11. The zero-order valence-electron chi connectivity index (χ0n) is 10.3. The molecule has 0 atom stereocenters. The van der Waals surface area contributed by atoms with Crippen molar-refractivity contribution in [3.8, 4) is 0 Å². The molecule has 0 aliphatic carbocycles. The fourth-order valence-electron chi connectivity index (χ4n) is 1.98. The fraction of sp³-hybridized carbons (Fsp3) is 0. The van der Waals surface area contributed by atoms with Crippen molar-refractivity contribution in [1.29, 1.82) is 0 Å². The van der Waals surface area contributed by atoms with Crippen LogP contribution in [0, 0.1) is 3.57 Å². The topological polar surface area (TPSA) is 44.9 Å². The SMILES string of the molecule is O=C(Nc1ccc(Cl)cc1I)c1cc2ccccc2[nH]1. The van der Waals surface area contributed by atoms with E-state index in [0.29, 0.717) is 10.7 Å². The van der Waals surface area contributed by atoms with E-state index in [1.165, 1.54) is 0 Å². The van der Waals surface area contributed by atoms with Crippen LogP contribution in [0.5, 0.6) is 0 Å². The number of halogens is 2. The van der Waals surface area contributed by atoms with Gasteiger partial charge < -0.3 is 10.3 Å². The number of aromatic nitrogens is 1. The molecule has 0 unspecified atom stereocenters. The molecule has 20 heavy (non-hydrogen) atoms. The molecule has 2 N–H and O–H groups in total. The van der Waals surface area contributed by atoms with E-state index in [4.69, 9.17) is 11.6 Å². The lowest BCUT2D eigenvalue weighted by molar-refractivity contribution is 0.102. The zero-order chi connectivity index (χ0) is 14.1. The number of anilines is 1. The standard InChI is InChI=1S/C15H10ClIN2O/c16-10-5-6-13(11(17)8-10)19-15(20)14-7-9-3-1-2-4-12(9)18-14/h1-8,18H,(H,19,20). The molecule has 5 heteroatoms. The van der Waals surface area contributed by atoms with Crippen LogP contribution in [0.4, 0.5) is 5.69 Å². The Hall–Kier alpha value is -1.53. The lowest BCUT2D eigenvalue weighted by Crippen LogP contribution is -2.13. The first-order chi connectivity index (χ1) is 9.63. The molecule has 0 saturated heterocycles. The Morgan fingerprint density at radius 3 is 2.70 bits per heavy atom. The van der Waals surface area contributed by atoms with Gasteiger partial charge in [0, 0.05) is 19.5 Å². The van der Waals surface area contributed by atoms with Gasteiger partial charge in [0.25, 0.3) is 5.91 Å². The van der Waals surface area contributed by atoms with Crippen LogP contribution in [-0.2, 0) is 0 Å². The number of aromatic amines is 1. The average Bonchev–Trinajstić information content (AvgIpc) is 2.86. The number of fused-ring (bicyclic) bond motifs is 1. The van der Waals surface area contributed by atoms with E-state index in [1.54, 1.807) is 12.1 Å². The predicted octanol–water partition coefficient (Wildman–Crippen LogP) is 4.68. The van der Waals surface area contributed by atoms with Crippen LogP contribution in [0.2, 0.25) is 5.02 Å². The minimum absolute atomic E-state index is 0.165. The van der Waals surface area contributed by atoms with Crippen molar-refractivity contribution in [2.75, 3.05) is 5.32 Å². The highest BCUT2D eigenvalue weighted by Crippen LogP contribution is 2.23. The van der Waals surface area contributed by atoms with Gasteiger partial charge in [0.15, 0.2) is 0 Å². The Bertz CT molecular complexity index is 764. The van der Waals surface area contributed by atoms with Crippen LogP contribution in [0.15, 0.2) is 48.5 Å². The number of hydrogen-bond donors (Lipinski definition) is 2. The molecule has 3 aromatic rings. The Morgan fingerprint density at radius 2 is 1.95 bits per heavy atom. The second-order valence-electron chi connectivity index (χ2n) is 4.35. The van der Waals surface area contributed by atoms with Crippen molar-refractivity contribution in [3.05, 3.63) is 62.8 Å². The molecule has 0 saturated carbocycles. The maximum Gasteiger partial charge on any atom is 0.272 e. The van der Waals surface area contributed by atoms with E-state index in [1.807, 2.05) is 36.4 Å². The smallest absolute Gasteiger partial charge is 0.272 e. The number of benzene rings is 2. The first-order valence-corrected chi connectivity index (χ1v) is 7.43. The van der Waals surface area contributed by atoms with Gasteiger partial charge in [-0.25, -0.2) is 0 Å². The van der Waals surface area contributed by atoms with Crippen LogP contribution in [-0.4, -0.2) is 10.9 Å². The molecule has 0 spiro atoms. The molecule has 0 bridgehead atoms. The van der Waals surface area contributed by atoms with Gasteiger partial charge in [-0.15, -0.1) is 0 Å². The quantitative estimate of drug-likeness (QED) is 0.607. The largest absolute Gasteiger partial charge is 0.351 e. The predicted molar refractivity (Wildman–Crippen MR) is 90.4 cm³/mol. The zero-order valence-corrected chi connectivity index (χ0v) is 13.2. The molecule has 1 amide bonds. The molecule has 0 fully saturated rings. The molecule has 0 radical (unpaired) electrons. The molecule has 0 aliphatic rings. The number of H-pyrrole nitrogens is 1. The highest BCUT2D eigenvalue weighted by molar-refractivity contribution is 14.1. The second-order valence-corrected chi connectivity index (χ2v) is 5.95. The van der Waals surface area contributed by atoms with E-state index in [9.17, 15) is 4.79 Å². The van der Waals surface area contributed by atoms with Gasteiger partial charge in [0.05, 0.1) is 5.69 Å². The molecular weight excluding hydrogens is 387 g/mol. The third kappa shape index (κ3) is 2.66. The van der Waals surface area contributed by atoms with Gasteiger partial charge in [-0.1, -0.05) is 29.8 Å². The second kappa shape index (κ2) is 5.46. The summed E-state index contributed by atoms with van der Waals surface area (Å²) in [5.74, 6) is -0.165. The molecule has 1 aromatic heterocycles. The molecular formula is C15H10ClIN2O. The molecule has 3 rings (SSSR count). The first-order valence-electron chi connectivity index (χ1n) is 5.97. The van der Waals surface area contributed by atoms with Gasteiger partial charge in [0.1, 0.15) is 5.69 Å². The van der Waals surface area contributed by atoms with E-state index in [2.05, 4.69) is 32.9 Å². The first kappa shape index (κ1) is 13.5. The van der Waals surface area contributed by atoms with Crippen LogP contribution >= 0.6 is 34.2 Å². The third-order valence-electron chi connectivity index (χ3n) is 2.95. The van der Waals surface area contributed by atoms with E-state index in [-0.39, 0.29) is 5.91 Å². The van der Waals surface area contributed by atoms with Crippen molar-refractivity contribution >= 4 is 56.7 Å². The Balaban J connectivity index is 1.89. The highest BCUT2D eigenvalue weighted by atomic mass is 127. The maximum absolute atomic E-state index is 12.2. The summed E-state index contributed by atoms with van der Waals surface area (Å²) in [6.45, 7) is 0. The summed E-state index contributed by atoms with van der Waals surface area (Å²) in [6.07, 6.45) is 0. The number of nitrogens with one attached hydrogen (secondary N) is 2. The van der Waals surface area contributed by atoms with Gasteiger partial charge in [-0.2, -0.15) is 0 Å². The lowest BCUT2D eigenvalue weighted by atomic mass is 10.2. The summed E-state index contributed by atoms with van der Waals surface area (Å²) in [7, 11) is 0. The summed E-state index contributed by atoms with van der Waals surface area (Å²) >= 11 is 8.04. The monoisotopic (exact) mass is 396 g/mol. The van der Waals surface area contributed by atoms with E-state index < -0.39 is 0 Å². The Morgan fingerprint density at radius 1 is 1.15 bits per heavy atom. The van der Waals surface area contributed by atoms with Crippen molar-refractivity contribution in [2.24, 2.45) is 0 Å². The van der Waals surface area contributed by atoms with Gasteiger partial charge in [0.2, 0.25) is 0 Å². The number of carbonyl (C=O) groups excluding carboxylic acids is 1. The van der Waals surface area contributed by atoms with Crippen LogP contribution in [0.25, 0.3) is 10.9 Å². The number of carbonyl (C=O) groups is 1. The summed E-state index contributed by atoms with van der Waals surface area (Å²) < 4.78 is 0.902. The number of amides is 1. The van der Waals surface area contributed by atoms with Crippen molar-refractivity contribution in [1.82, 2.24) is 4.98 Å². The molecule has 2 aromatic carbocycles. The van der Waals surface area contributed by atoms with Crippen molar-refractivity contribution < 1.29 is 4.79 Å². The van der Waals surface area contributed by atoms with Gasteiger partial charge >= 0.3 is 0 Å². The fourth-order valence-corrected chi connectivity index (χ4v) is 2.98. The normalized spacial score (nSPS) is 10.7. The summed E-state index contributed by atoms with van der Waals surface area (Å²) in [4.78, 5) is 15.3. The minimum atomic E-state index is -0.165. The maximum atomic E-state index is 12.2. The van der Waals surface area contributed by atoms with Crippen molar-refractivity contribution in [3.63, 3.8) is 0 Å². The van der Waals surface area contributed by atoms with Crippen LogP contribution in [0.3, 0.4) is 0 Å². The summed E-state index contributed by atoms with van der Waals surface area (Å²) in [6, 6.07) is 15.0. The van der Waals surface area contributed by atoms with Crippen LogP contribution in [0.1, 0.15) is 10.5 Å². The van der Waals surface area contributed by atoms with E-state index >= 15 is 0 Å². The molecule has 3 nitrogen and oxygen atoms in total. The summed E-state index contributed by atoms with van der Waals surface area (Å²) in [5, 5.41) is 4.55. The van der Waals surface area contributed by atoms with Gasteiger partial charge in [-0.3, -0.25) is 4.79 Å². The molecule has 0 aliphatic heterocycles.